The van der Waals surface area contributed by atoms with Gasteiger partial charge < -0.3 is 4.65 Å². The van der Waals surface area contributed by atoms with E-state index in [9.17, 15) is 0 Å². The number of nitrogens with zero attached hydrogens (tertiary/aromatic N) is 1. The van der Waals surface area contributed by atoms with E-state index in [2.05, 4.69) is 40.4 Å². The predicted octanol–water partition coefficient (Wildman–Crippen LogP) is 1.20. The maximum absolute atomic E-state index is 5.17. The molecule has 0 saturated heterocycles. The molecule has 0 fully saturated rings. The van der Waals surface area contributed by atoms with Crippen LogP contribution in [0, 0.1) is 0 Å². The van der Waals surface area contributed by atoms with E-state index < -0.39 is 16.5 Å². The number of hydrogen-bond donors (Lipinski definition) is 0. The molecule has 0 aromatic rings. The van der Waals surface area contributed by atoms with Crippen molar-refractivity contribution in [3.63, 3.8) is 0 Å². The van der Waals surface area contributed by atoms with E-state index in [1.807, 2.05) is 0 Å². The van der Waals surface area contributed by atoms with E-state index in [0.29, 0.717) is 0 Å². The van der Waals surface area contributed by atoms with Crippen molar-refractivity contribution in [3.8, 4) is 0 Å². The van der Waals surface area contributed by atoms with Gasteiger partial charge in [0.05, 0.1) is 0 Å². The van der Waals surface area contributed by atoms with Crippen LogP contribution in [0.4, 0.5) is 0 Å². The first-order valence-corrected chi connectivity index (χ1v) is 11.1. The Morgan fingerprint density at radius 3 is 1.23 bits per heavy atom. The second-order valence-electron chi connectivity index (χ2n) is 4.57. The smallest absolute Gasteiger partial charge is 0.667 e. The number of hydrogen-bond acceptors (Lipinski definition) is 0. The van der Waals surface area contributed by atoms with Crippen LogP contribution in [0.15, 0.2) is 0 Å². The second-order valence-corrected chi connectivity index (χ2v) is 14.4. The monoisotopic (exact) mass is 209 g/mol. The van der Waals surface area contributed by atoms with E-state index in [-0.39, 0.29) is 18.9 Å². The molecule has 13 heavy (non-hydrogen) atoms. The Kier molecular flexibility index (Phi) is 8.17. The summed E-state index contributed by atoms with van der Waals surface area (Å²) in [6, 6.07) is 4.01. The van der Waals surface area contributed by atoms with Crippen LogP contribution in [0.1, 0.15) is 20.8 Å². The molecule has 0 bridgehead atoms. The molecule has 0 amide bonds. The summed E-state index contributed by atoms with van der Waals surface area (Å²) in [7, 11) is -2.33. The molecule has 0 N–H and O–H groups in total. The van der Waals surface area contributed by atoms with Crippen LogP contribution >= 0.6 is 0 Å². The van der Waals surface area contributed by atoms with Crippen molar-refractivity contribution in [3.05, 3.63) is 4.65 Å². The third-order valence-electron chi connectivity index (χ3n) is 2.55. The SMILES string of the molecule is CC[Si](CC)(CC)[N-][Si](C)(C)C.[Li+]. The van der Waals surface area contributed by atoms with Gasteiger partial charge in [-0.25, -0.2) is 0 Å². The zero-order valence-corrected chi connectivity index (χ0v) is 12.6. The van der Waals surface area contributed by atoms with Gasteiger partial charge in [0, 0.05) is 0 Å². The van der Waals surface area contributed by atoms with Crippen LogP contribution in [0.25, 0.3) is 4.65 Å². The molecule has 0 aliphatic rings. The first-order valence-electron chi connectivity index (χ1n) is 5.13. The summed E-state index contributed by atoms with van der Waals surface area (Å²) >= 11 is 0. The Labute approximate surface area is 98.4 Å². The van der Waals surface area contributed by atoms with Gasteiger partial charge in [-0.15, -0.1) is 0 Å². The molecule has 0 atom stereocenters. The van der Waals surface area contributed by atoms with Crippen molar-refractivity contribution >= 4 is 16.5 Å². The van der Waals surface area contributed by atoms with Crippen molar-refractivity contribution in [2.45, 2.75) is 58.5 Å². The van der Waals surface area contributed by atoms with Gasteiger partial charge in [-0.05, 0) is 0 Å². The molecule has 0 aliphatic heterocycles. The average molecular weight is 209 g/mol. The topological polar surface area (TPSA) is 14.1 Å². The fourth-order valence-corrected chi connectivity index (χ4v) is 10.8. The Morgan fingerprint density at radius 1 is 0.846 bits per heavy atom. The van der Waals surface area contributed by atoms with E-state index in [4.69, 9.17) is 4.65 Å². The summed E-state index contributed by atoms with van der Waals surface area (Å²) in [4.78, 5) is 0. The fourth-order valence-electron chi connectivity index (χ4n) is 1.70. The maximum Gasteiger partial charge on any atom is 1.00 e. The molecule has 0 unspecified atom stereocenters. The van der Waals surface area contributed by atoms with Gasteiger partial charge in [0.25, 0.3) is 0 Å². The van der Waals surface area contributed by atoms with Gasteiger partial charge in [0.1, 0.15) is 0 Å². The normalized spacial score (nSPS) is 12.5. The van der Waals surface area contributed by atoms with Crippen LogP contribution in [0.5, 0.6) is 0 Å². The molecular formula is C9H24LiNSi2. The minimum absolute atomic E-state index is 0. The van der Waals surface area contributed by atoms with Crippen molar-refractivity contribution in [2.75, 3.05) is 0 Å². The van der Waals surface area contributed by atoms with Gasteiger partial charge in [0.2, 0.25) is 0 Å². The second kappa shape index (κ2) is 6.47. The van der Waals surface area contributed by atoms with Crippen molar-refractivity contribution in [2.24, 2.45) is 0 Å². The molecule has 0 saturated carbocycles. The summed E-state index contributed by atoms with van der Waals surface area (Å²) in [5, 5.41) is 0. The molecule has 0 aromatic carbocycles. The van der Waals surface area contributed by atoms with E-state index in [1.165, 1.54) is 18.1 Å². The van der Waals surface area contributed by atoms with E-state index >= 15 is 0 Å². The Morgan fingerprint density at radius 2 is 1.15 bits per heavy atom. The first kappa shape index (κ1) is 16.4. The Hall–Kier alpha value is 0.991. The Bertz CT molecular complexity index is 122. The summed E-state index contributed by atoms with van der Waals surface area (Å²) in [6.07, 6.45) is 0. The minimum Gasteiger partial charge on any atom is -0.667 e. The zero-order chi connectivity index (χ0) is 9.83. The predicted molar refractivity (Wildman–Crippen MR) is 63.9 cm³/mol. The quantitative estimate of drug-likeness (QED) is 0.604. The van der Waals surface area contributed by atoms with Crippen molar-refractivity contribution in [1.82, 2.24) is 0 Å². The third-order valence-corrected chi connectivity index (χ3v) is 11.1. The van der Waals surface area contributed by atoms with Crippen molar-refractivity contribution < 1.29 is 18.9 Å². The number of rotatable bonds is 5. The van der Waals surface area contributed by atoms with Crippen LogP contribution < -0.4 is 18.9 Å². The molecule has 1 nitrogen and oxygen atoms in total. The van der Waals surface area contributed by atoms with Gasteiger partial charge in [-0.3, -0.25) is 0 Å². The van der Waals surface area contributed by atoms with Gasteiger partial charge in [0.15, 0.2) is 0 Å². The van der Waals surface area contributed by atoms with Gasteiger partial charge in [-0.1, -0.05) is 75.0 Å². The summed E-state index contributed by atoms with van der Waals surface area (Å²) < 4.78 is 5.17. The molecule has 74 valence electrons. The minimum atomic E-state index is -1.17. The van der Waals surface area contributed by atoms with E-state index in [0.717, 1.165) is 0 Å². The summed E-state index contributed by atoms with van der Waals surface area (Å²) in [6.45, 7) is 14.0. The largest absolute Gasteiger partial charge is 1.00 e. The van der Waals surface area contributed by atoms with Crippen molar-refractivity contribution in [1.29, 1.82) is 0 Å². The third kappa shape index (κ3) is 6.14. The van der Waals surface area contributed by atoms with E-state index in [1.54, 1.807) is 0 Å². The summed E-state index contributed by atoms with van der Waals surface area (Å²) in [5.41, 5.74) is 0. The molecule has 4 heteroatoms. The van der Waals surface area contributed by atoms with Crippen LogP contribution in [0.3, 0.4) is 0 Å². The van der Waals surface area contributed by atoms with Gasteiger partial charge >= 0.3 is 18.9 Å². The summed E-state index contributed by atoms with van der Waals surface area (Å²) in [5.74, 6) is 0. The van der Waals surface area contributed by atoms with Gasteiger partial charge in [-0.2, -0.15) is 0 Å². The zero-order valence-electron chi connectivity index (χ0n) is 10.6. The molecule has 0 rings (SSSR count). The molecule has 0 radical (unpaired) electrons. The standard InChI is InChI=1S/C9H24NSi2.Li/c1-7-12(8-2,9-3)10-11(4,5)6;/h7-9H2,1-6H3;/q-1;+1. The Balaban J connectivity index is 0. The molecule has 0 heterocycles. The maximum atomic E-state index is 5.17. The van der Waals surface area contributed by atoms with Crippen LogP contribution in [0.2, 0.25) is 37.8 Å². The van der Waals surface area contributed by atoms with Crippen LogP contribution in [-0.2, 0) is 0 Å². The molecule has 0 spiro atoms. The average Bonchev–Trinajstić information content (AvgIpc) is 1.99. The molecular weight excluding hydrogens is 185 g/mol. The fraction of sp³-hybridized carbons (Fsp3) is 1.00. The first-order chi connectivity index (χ1) is 5.39. The van der Waals surface area contributed by atoms with Crippen LogP contribution in [-0.4, -0.2) is 16.5 Å². The molecule has 0 aromatic heterocycles. The molecule has 0 aliphatic carbocycles.